The van der Waals surface area contributed by atoms with Crippen LogP contribution in [0.15, 0.2) is 59.5 Å². The number of anilines is 1. The van der Waals surface area contributed by atoms with E-state index in [0.29, 0.717) is 5.56 Å². The van der Waals surface area contributed by atoms with E-state index in [0.717, 1.165) is 36.0 Å². The van der Waals surface area contributed by atoms with Crippen LogP contribution in [0.5, 0.6) is 0 Å². The molecule has 2 aromatic carbocycles. The van der Waals surface area contributed by atoms with Crippen LogP contribution in [-0.4, -0.2) is 36.2 Å². The van der Waals surface area contributed by atoms with Gasteiger partial charge in [0.25, 0.3) is 5.91 Å². The maximum atomic E-state index is 12.3. The zero-order valence-corrected chi connectivity index (χ0v) is 14.6. The third kappa shape index (κ3) is 5.41. The van der Waals surface area contributed by atoms with Crippen molar-refractivity contribution in [2.45, 2.75) is 18.7 Å². The average molecular weight is 328 g/mol. The highest BCUT2D eigenvalue weighted by molar-refractivity contribution is 7.99. The van der Waals surface area contributed by atoms with Crippen LogP contribution in [0.25, 0.3) is 0 Å². The quantitative estimate of drug-likeness (QED) is 0.730. The summed E-state index contributed by atoms with van der Waals surface area (Å²) in [5.74, 6) is 0.947. The molecule has 2 rings (SSSR count). The highest BCUT2D eigenvalue weighted by Crippen LogP contribution is 2.27. The summed E-state index contributed by atoms with van der Waals surface area (Å²) in [6, 6.07) is 17.3. The molecule has 1 amide bonds. The number of nitrogens with one attached hydrogen (secondary N) is 1. The zero-order valence-electron chi connectivity index (χ0n) is 13.8. The van der Waals surface area contributed by atoms with Gasteiger partial charge >= 0.3 is 0 Å². The molecule has 0 unspecified atom stereocenters. The van der Waals surface area contributed by atoms with E-state index in [2.05, 4.69) is 30.1 Å². The zero-order chi connectivity index (χ0) is 16.5. The Bertz CT molecular complexity index is 612. The number of rotatable bonds is 8. The minimum Gasteiger partial charge on any atom is -0.321 e. The first-order valence-electron chi connectivity index (χ1n) is 8.05. The van der Waals surface area contributed by atoms with Crippen molar-refractivity contribution in [2.75, 3.05) is 30.7 Å². The Labute approximate surface area is 143 Å². The standard InChI is InChI=1S/C19H24N2OS/c1-3-21(4-2)14-15-23-18-13-9-8-12-17(18)20-19(22)16-10-6-5-7-11-16/h5-13H,3-4,14-15H2,1-2H3,(H,20,22). The van der Waals surface area contributed by atoms with E-state index in [9.17, 15) is 4.79 Å². The minimum atomic E-state index is -0.0672. The van der Waals surface area contributed by atoms with Crippen LogP contribution < -0.4 is 5.32 Å². The summed E-state index contributed by atoms with van der Waals surface area (Å²) in [5.41, 5.74) is 1.56. The SMILES string of the molecule is CCN(CC)CCSc1ccccc1NC(=O)c1ccccc1. The number of benzene rings is 2. The maximum absolute atomic E-state index is 12.3. The van der Waals surface area contributed by atoms with Gasteiger partial charge in [-0.15, -0.1) is 11.8 Å². The molecule has 0 aromatic heterocycles. The van der Waals surface area contributed by atoms with Gasteiger partial charge in [-0.3, -0.25) is 4.79 Å². The van der Waals surface area contributed by atoms with Crippen molar-refractivity contribution in [3.63, 3.8) is 0 Å². The highest BCUT2D eigenvalue weighted by atomic mass is 32.2. The number of amides is 1. The summed E-state index contributed by atoms with van der Waals surface area (Å²) < 4.78 is 0. The predicted octanol–water partition coefficient (Wildman–Crippen LogP) is 4.37. The van der Waals surface area contributed by atoms with Crippen LogP contribution in [0.3, 0.4) is 0 Å². The van der Waals surface area contributed by atoms with Gasteiger partial charge in [0.2, 0.25) is 0 Å². The molecule has 0 spiro atoms. The first-order chi connectivity index (χ1) is 11.2. The van der Waals surface area contributed by atoms with Crippen LogP contribution in [0.1, 0.15) is 24.2 Å². The molecule has 1 N–H and O–H groups in total. The Balaban J connectivity index is 1.99. The van der Waals surface area contributed by atoms with Crippen LogP contribution in [0, 0.1) is 0 Å². The van der Waals surface area contributed by atoms with Crippen LogP contribution in [0.2, 0.25) is 0 Å². The van der Waals surface area contributed by atoms with E-state index >= 15 is 0 Å². The molecule has 2 aromatic rings. The summed E-state index contributed by atoms with van der Waals surface area (Å²) >= 11 is 1.79. The molecule has 3 nitrogen and oxygen atoms in total. The smallest absolute Gasteiger partial charge is 0.255 e. The monoisotopic (exact) mass is 328 g/mol. The van der Waals surface area contributed by atoms with Crippen molar-refractivity contribution < 1.29 is 4.79 Å². The molecule has 0 atom stereocenters. The number of hydrogen-bond acceptors (Lipinski definition) is 3. The van der Waals surface area contributed by atoms with E-state index < -0.39 is 0 Å². The van der Waals surface area contributed by atoms with Crippen molar-refractivity contribution in [1.82, 2.24) is 4.90 Å². The minimum absolute atomic E-state index is 0.0672. The van der Waals surface area contributed by atoms with Crippen molar-refractivity contribution in [3.8, 4) is 0 Å². The molecular formula is C19H24N2OS. The number of carbonyl (C=O) groups excluding carboxylic acids is 1. The van der Waals surface area contributed by atoms with Gasteiger partial charge in [-0.05, 0) is 37.4 Å². The largest absolute Gasteiger partial charge is 0.321 e. The molecule has 0 saturated heterocycles. The lowest BCUT2D eigenvalue weighted by molar-refractivity contribution is 0.102. The highest BCUT2D eigenvalue weighted by Gasteiger charge is 2.09. The Kier molecular flexibility index (Phi) is 7.17. The molecule has 0 fully saturated rings. The molecule has 0 radical (unpaired) electrons. The maximum Gasteiger partial charge on any atom is 0.255 e. The van der Waals surface area contributed by atoms with Gasteiger partial charge in [0.05, 0.1) is 5.69 Å². The third-order valence-electron chi connectivity index (χ3n) is 3.73. The Hall–Kier alpha value is -1.78. The van der Waals surface area contributed by atoms with Gasteiger partial charge in [-0.25, -0.2) is 0 Å². The van der Waals surface area contributed by atoms with Crippen molar-refractivity contribution >= 4 is 23.4 Å². The van der Waals surface area contributed by atoms with E-state index in [-0.39, 0.29) is 5.91 Å². The first kappa shape index (κ1) is 17.6. The third-order valence-corrected chi connectivity index (χ3v) is 4.78. The van der Waals surface area contributed by atoms with E-state index in [4.69, 9.17) is 0 Å². The molecule has 122 valence electrons. The number of para-hydroxylation sites is 1. The normalized spacial score (nSPS) is 10.7. The lowest BCUT2D eigenvalue weighted by Crippen LogP contribution is -2.25. The summed E-state index contributed by atoms with van der Waals surface area (Å²) in [6.45, 7) is 7.57. The fraction of sp³-hybridized carbons (Fsp3) is 0.316. The molecular weight excluding hydrogens is 304 g/mol. The van der Waals surface area contributed by atoms with Crippen LogP contribution in [0.4, 0.5) is 5.69 Å². The van der Waals surface area contributed by atoms with E-state index in [1.54, 1.807) is 11.8 Å². The molecule has 0 aliphatic heterocycles. The average Bonchev–Trinajstić information content (AvgIpc) is 2.61. The van der Waals surface area contributed by atoms with Crippen molar-refractivity contribution in [2.24, 2.45) is 0 Å². The molecule has 0 heterocycles. The van der Waals surface area contributed by atoms with Crippen LogP contribution >= 0.6 is 11.8 Å². The molecule has 4 heteroatoms. The second kappa shape index (κ2) is 9.38. The molecule has 0 aliphatic carbocycles. The topological polar surface area (TPSA) is 32.3 Å². The van der Waals surface area contributed by atoms with Gasteiger partial charge in [0, 0.05) is 22.8 Å². The number of nitrogens with zero attached hydrogens (tertiary/aromatic N) is 1. The molecule has 0 aliphatic rings. The van der Waals surface area contributed by atoms with E-state index in [1.165, 1.54) is 0 Å². The van der Waals surface area contributed by atoms with Gasteiger partial charge in [-0.1, -0.05) is 44.2 Å². The first-order valence-corrected chi connectivity index (χ1v) is 9.03. The van der Waals surface area contributed by atoms with Gasteiger partial charge < -0.3 is 10.2 Å². The molecule has 23 heavy (non-hydrogen) atoms. The molecule has 0 bridgehead atoms. The second-order valence-corrected chi connectivity index (χ2v) is 6.33. The lowest BCUT2D eigenvalue weighted by atomic mass is 10.2. The van der Waals surface area contributed by atoms with Gasteiger partial charge in [-0.2, -0.15) is 0 Å². The Morgan fingerprint density at radius 1 is 1.00 bits per heavy atom. The fourth-order valence-electron chi connectivity index (χ4n) is 2.30. The number of hydrogen-bond donors (Lipinski definition) is 1. The summed E-state index contributed by atoms with van der Waals surface area (Å²) in [5, 5.41) is 3.02. The lowest BCUT2D eigenvalue weighted by Gasteiger charge is -2.18. The summed E-state index contributed by atoms with van der Waals surface area (Å²) in [4.78, 5) is 15.8. The molecule has 0 saturated carbocycles. The van der Waals surface area contributed by atoms with Crippen LogP contribution in [-0.2, 0) is 0 Å². The Morgan fingerprint density at radius 2 is 1.65 bits per heavy atom. The Morgan fingerprint density at radius 3 is 2.35 bits per heavy atom. The number of carbonyl (C=O) groups is 1. The summed E-state index contributed by atoms with van der Waals surface area (Å²) in [6.07, 6.45) is 0. The van der Waals surface area contributed by atoms with E-state index in [1.807, 2.05) is 48.5 Å². The van der Waals surface area contributed by atoms with Gasteiger partial charge in [0.15, 0.2) is 0 Å². The predicted molar refractivity (Wildman–Crippen MR) is 99.3 cm³/mol. The van der Waals surface area contributed by atoms with Crippen molar-refractivity contribution in [3.05, 3.63) is 60.2 Å². The van der Waals surface area contributed by atoms with Gasteiger partial charge in [0.1, 0.15) is 0 Å². The number of thioether (sulfide) groups is 1. The summed E-state index contributed by atoms with van der Waals surface area (Å²) in [7, 11) is 0. The fourth-order valence-corrected chi connectivity index (χ4v) is 3.32. The van der Waals surface area contributed by atoms with Crippen molar-refractivity contribution in [1.29, 1.82) is 0 Å². The second-order valence-electron chi connectivity index (χ2n) is 5.19.